The van der Waals surface area contributed by atoms with E-state index in [1.54, 1.807) is 0 Å². The van der Waals surface area contributed by atoms with E-state index in [0.29, 0.717) is 16.7 Å². The van der Waals surface area contributed by atoms with E-state index < -0.39 is 10.8 Å². The van der Waals surface area contributed by atoms with E-state index in [2.05, 4.69) is 41.0 Å². The molecule has 2 amide bonds. The molecule has 1 saturated heterocycles. The highest BCUT2D eigenvalue weighted by Gasteiger charge is 2.60. The van der Waals surface area contributed by atoms with Crippen molar-refractivity contribution in [2.45, 2.75) is 27.7 Å². The summed E-state index contributed by atoms with van der Waals surface area (Å²) in [6, 6.07) is 32.3. The molecule has 3 heterocycles. The number of fused-ring (bicyclic) bond motifs is 4. The standard InChI is InChI=1S/C34H28N4O2/c1-33(2)31(39)38(32(40)34(33,3)4)30-29(35-25-15-9-10-16-26(25)36-30)21-18-19-28-24(20-21)23-14-8-11-17-27(23)37(28)22-12-6-5-7-13-22/h5-20H,1-4H3. The van der Waals surface area contributed by atoms with Gasteiger partial charge in [0.25, 0.3) is 0 Å². The Bertz CT molecular complexity index is 1980. The van der Waals surface area contributed by atoms with E-state index in [1.807, 2.05) is 88.4 Å². The Kier molecular flexibility index (Phi) is 5.04. The van der Waals surface area contributed by atoms with Gasteiger partial charge in [-0.3, -0.25) is 9.59 Å². The average molecular weight is 525 g/mol. The second-order valence-electron chi connectivity index (χ2n) is 11.5. The van der Waals surface area contributed by atoms with Crippen molar-refractivity contribution in [2.24, 2.45) is 10.8 Å². The van der Waals surface area contributed by atoms with Crippen molar-refractivity contribution in [1.82, 2.24) is 14.5 Å². The number of hydrogen-bond acceptors (Lipinski definition) is 4. The summed E-state index contributed by atoms with van der Waals surface area (Å²) in [7, 11) is 0. The molecule has 1 fully saturated rings. The number of imide groups is 1. The first-order valence-electron chi connectivity index (χ1n) is 13.4. The van der Waals surface area contributed by atoms with E-state index >= 15 is 0 Å². The van der Waals surface area contributed by atoms with E-state index in [1.165, 1.54) is 4.90 Å². The lowest BCUT2D eigenvalue weighted by Crippen LogP contribution is -2.35. The highest BCUT2D eigenvalue weighted by Crippen LogP contribution is 2.50. The molecule has 40 heavy (non-hydrogen) atoms. The number of hydrogen-bond donors (Lipinski definition) is 0. The van der Waals surface area contributed by atoms with Crippen LogP contribution in [0, 0.1) is 10.8 Å². The van der Waals surface area contributed by atoms with Gasteiger partial charge in [-0.05, 0) is 70.2 Å². The normalized spacial score (nSPS) is 16.4. The van der Waals surface area contributed by atoms with E-state index in [4.69, 9.17) is 9.97 Å². The molecule has 0 unspecified atom stereocenters. The molecule has 1 aliphatic heterocycles. The van der Waals surface area contributed by atoms with Gasteiger partial charge in [-0.2, -0.15) is 0 Å². The van der Waals surface area contributed by atoms with Gasteiger partial charge in [0.15, 0.2) is 5.82 Å². The maximum absolute atomic E-state index is 13.8. The van der Waals surface area contributed by atoms with Crippen LogP contribution in [0.2, 0.25) is 0 Å². The van der Waals surface area contributed by atoms with Crippen LogP contribution in [-0.2, 0) is 9.59 Å². The monoisotopic (exact) mass is 524 g/mol. The summed E-state index contributed by atoms with van der Waals surface area (Å²) >= 11 is 0. The quantitative estimate of drug-likeness (QED) is 0.228. The molecule has 0 spiro atoms. The summed E-state index contributed by atoms with van der Waals surface area (Å²) in [6.07, 6.45) is 0. The summed E-state index contributed by atoms with van der Waals surface area (Å²) in [5, 5.41) is 2.16. The van der Waals surface area contributed by atoms with Crippen molar-refractivity contribution in [3.8, 4) is 16.9 Å². The topological polar surface area (TPSA) is 68.1 Å². The fraction of sp³-hybridized carbons (Fsp3) is 0.176. The predicted octanol–water partition coefficient (Wildman–Crippen LogP) is 7.32. The number of carbonyl (C=O) groups is 2. The Morgan fingerprint density at radius 1 is 0.600 bits per heavy atom. The van der Waals surface area contributed by atoms with Crippen molar-refractivity contribution in [3.63, 3.8) is 0 Å². The molecule has 7 rings (SSSR count). The number of anilines is 1. The maximum atomic E-state index is 13.8. The third-order valence-electron chi connectivity index (χ3n) is 8.76. The molecular weight excluding hydrogens is 496 g/mol. The summed E-state index contributed by atoms with van der Waals surface area (Å²) < 4.78 is 2.25. The average Bonchev–Trinajstić information content (AvgIpc) is 3.35. The zero-order valence-corrected chi connectivity index (χ0v) is 22.8. The van der Waals surface area contributed by atoms with Gasteiger partial charge >= 0.3 is 0 Å². The van der Waals surface area contributed by atoms with Gasteiger partial charge in [0.05, 0.1) is 32.9 Å². The van der Waals surface area contributed by atoms with Gasteiger partial charge in [-0.1, -0.05) is 54.6 Å². The lowest BCUT2D eigenvalue weighted by molar-refractivity contribution is -0.129. The molecule has 196 valence electrons. The molecule has 2 aromatic heterocycles. The Labute approximate surface area is 231 Å². The van der Waals surface area contributed by atoms with Gasteiger partial charge in [0.1, 0.15) is 5.69 Å². The minimum absolute atomic E-state index is 0.268. The van der Waals surface area contributed by atoms with Gasteiger partial charge in [-0.15, -0.1) is 0 Å². The molecule has 0 bridgehead atoms. The molecule has 0 radical (unpaired) electrons. The minimum atomic E-state index is -0.887. The molecule has 0 saturated carbocycles. The third-order valence-corrected chi connectivity index (χ3v) is 8.76. The number of para-hydroxylation sites is 4. The first kappa shape index (κ1) is 24.2. The Hall–Kier alpha value is -4.84. The highest BCUT2D eigenvalue weighted by molar-refractivity contribution is 6.25. The number of carbonyl (C=O) groups excluding carboxylic acids is 2. The van der Waals surface area contributed by atoms with Crippen LogP contribution in [0.4, 0.5) is 5.82 Å². The van der Waals surface area contributed by atoms with Gasteiger partial charge in [0.2, 0.25) is 11.8 Å². The molecule has 6 aromatic rings. The van der Waals surface area contributed by atoms with E-state index in [9.17, 15) is 9.59 Å². The zero-order chi connectivity index (χ0) is 27.8. The van der Waals surface area contributed by atoms with Crippen LogP contribution in [0.5, 0.6) is 0 Å². The summed E-state index contributed by atoms with van der Waals surface area (Å²) in [4.78, 5) is 38.6. The zero-order valence-electron chi connectivity index (χ0n) is 22.8. The molecule has 4 aromatic carbocycles. The maximum Gasteiger partial charge on any atom is 0.241 e. The summed E-state index contributed by atoms with van der Waals surface area (Å²) in [5.41, 5.74) is 4.08. The largest absolute Gasteiger partial charge is 0.309 e. The van der Waals surface area contributed by atoms with Crippen LogP contribution in [0.15, 0.2) is 97.1 Å². The summed E-state index contributed by atoms with van der Waals surface area (Å²) in [6.45, 7) is 7.30. The number of nitrogens with zero attached hydrogens (tertiary/aromatic N) is 4. The first-order valence-corrected chi connectivity index (χ1v) is 13.4. The first-order chi connectivity index (χ1) is 19.2. The van der Waals surface area contributed by atoms with Crippen LogP contribution in [-0.4, -0.2) is 26.3 Å². The van der Waals surface area contributed by atoms with Crippen LogP contribution < -0.4 is 4.90 Å². The molecule has 6 heteroatoms. The number of benzene rings is 4. The van der Waals surface area contributed by atoms with Crippen molar-refractivity contribution >= 4 is 50.5 Å². The molecule has 0 aliphatic carbocycles. The van der Waals surface area contributed by atoms with Gasteiger partial charge in [0, 0.05) is 22.0 Å². The third kappa shape index (κ3) is 3.22. The smallest absolute Gasteiger partial charge is 0.241 e. The Morgan fingerprint density at radius 3 is 1.88 bits per heavy atom. The fourth-order valence-corrected chi connectivity index (χ4v) is 5.69. The second-order valence-corrected chi connectivity index (χ2v) is 11.5. The lowest BCUT2D eigenvalue weighted by atomic mass is 9.70. The van der Waals surface area contributed by atoms with Crippen LogP contribution in [0.25, 0.3) is 49.8 Å². The Balaban J connectivity index is 1.51. The highest BCUT2D eigenvalue weighted by atomic mass is 16.2. The second kappa shape index (κ2) is 8.33. The predicted molar refractivity (Wildman–Crippen MR) is 159 cm³/mol. The van der Waals surface area contributed by atoms with Crippen LogP contribution in [0.3, 0.4) is 0 Å². The van der Waals surface area contributed by atoms with Crippen LogP contribution in [0.1, 0.15) is 27.7 Å². The number of amides is 2. The molecule has 0 atom stereocenters. The van der Waals surface area contributed by atoms with E-state index in [0.717, 1.165) is 33.1 Å². The van der Waals surface area contributed by atoms with Crippen molar-refractivity contribution in [1.29, 1.82) is 0 Å². The molecule has 6 nitrogen and oxygen atoms in total. The van der Waals surface area contributed by atoms with E-state index in [-0.39, 0.29) is 17.6 Å². The van der Waals surface area contributed by atoms with Gasteiger partial charge in [-0.25, -0.2) is 14.9 Å². The molecule has 0 N–H and O–H groups in total. The number of rotatable bonds is 3. The molecular formula is C34H28N4O2. The minimum Gasteiger partial charge on any atom is -0.309 e. The molecule has 1 aliphatic rings. The SMILES string of the molecule is CC1(C)C(=O)N(c2nc3ccccc3nc2-c2ccc3c(c2)c2ccccc2n3-c2ccccc2)C(=O)C1(C)C. The van der Waals surface area contributed by atoms with Crippen molar-refractivity contribution < 1.29 is 9.59 Å². The fourth-order valence-electron chi connectivity index (χ4n) is 5.69. The Morgan fingerprint density at radius 2 is 1.18 bits per heavy atom. The van der Waals surface area contributed by atoms with Crippen molar-refractivity contribution in [2.75, 3.05) is 4.90 Å². The number of aromatic nitrogens is 3. The summed E-state index contributed by atoms with van der Waals surface area (Å²) in [5.74, 6) is -0.260. The van der Waals surface area contributed by atoms with Crippen molar-refractivity contribution in [3.05, 3.63) is 97.1 Å². The van der Waals surface area contributed by atoms with Gasteiger partial charge < -0.3 is 4.57 Å². The van der Waals surface area contributed by atoms with Crippen LogP contribution >= 0.6 is 0 Å². The lowest BCUT2D eigenvalue weighted by Gasteiger charge is -2.28.